The molecule has 2 N–H and O–H groups in total. The number of Topliss-reactive ketones (excluding diaryl/α,β-unsaturated/α-hetero) is 1. The van der Waals surface area contributed by atoms with Gasteiger partial charge in [-0.2, -0.15) is 0 Å². The summed E-state index contributed by atoms with van der Waals surface area (Å²) in [5, 5.41) is 3.75. The molecular weight excluding hydrogens is 328 g/mol. The minimum atomic E-state index is -0.216. The first-order chi connectivity index (χ1) is 12.5. The number of para-hydroxylation sites is 1. The summed E-state index contributed by atoms with van der Waals surface area (Å²) in [5.41, 5.74) is 2.92. The van der Waals surface area contributed by atoms with Crippen LogP contribution in [0.5, 0.6) is 5.75 Å². The fourth-order valence-corrected chi connectivity index (χ4v) is 2.80. The number of methoxy groups -OCH3 is 1. The van der Waals surface area contributed by atoms with Crippen molar-refractivity contribution in [3.63, 3.8) is 0 Å². The summed E-state index contributed by atoms with van der Waals surface area (Å²) in [4.78, 5) is 27.7. The lowest BCUT2D eigenvalue weighted by atomic mass is 10.0. The van der Waals surface area contributed by atoms with Crippen molar-refractivity contribution < 1.29 is 14.3 Å². The maximum Gasteiger partial charge on any atom is 0.257 e. The van der Waals surface area contributed by atoms with Crippen LogP contribution >= 0.6 is 0 Å². The molecule has 3 aromatic rings. The number of H-pyrrole nitrogens is 1. The van der Waals surface area contributed by atoms with Gasteiger partial charge < -0.3 is 15.0 Å². The van der Waals surface area contributed by atoms with E-state index in [1.165, 1.54) is 0 Å². The SMILES string of the molecule is COc1cc(CC(=O)C(C)C)ccc1NC(=O)c1c[nH]c2ccccc12. The molecule has 0 radical (unpaired) electrons. The van der Waals surface area contributed by atoms with Gasteiger partial charge in [-0.05, 0) is 23.8 Å². The first-order valence-corrected chi connectivity index (χ1v) is 8.56. The molecule has 2 aromatic carbocycles. The van der Waals surface area contributed by atoms with E-state index in [4.69, 9.17) is 4.74 Å². The number of hydrogen-bond acceptors (Lipinski definition) is 3. The molecule has 1 amide bonds. The summed E-state index contributed by atoms with van der Waals surface area (Å²) in [6.07, 6.45) is 2.05. The number of aromatic nitrogens is 1. The molecule has 26 heavy (non-hydrogen) atoms. The second kappa shape index (κ2) is 7.44. The smallest absolute Gasteiger partial charge is 0.257 e. The minimum Gasteiger partial charge on any atom is -0.495 e. The van der Waals surface area contributed by atoms with Gasteiger partial charge in [0.15, 0.2) is 0 Å². The number of anilines is 1. The molecule has 5 nitrogen and oxygen atoms in total. The summed E-state index contributed by atoms with van der Waals surface area (Å²) in [6, 6.07) is 13.0. The molecule has 0 bridgehead atoms. The Labute approximate surface area is 152 Å². The summed E-state index contributed by atoms with van der Waals surface area (Å²) < 4.78 is 5.40. The van der Waals surface area contributed by atoms with Gasteiger partial charge in [-0.25, -0.2) is 0 Å². The van der Waals surface area contributed by atoms with Crippen LogP contribution in [0.2, 0.25) is 0 Å². The van der Waals surface area contributed by atoms with E-state index < -0.39 is 0 Å². The van der Waals surface area contributed by atoms with Crippen LogP contribution in [0, 0.1) is 5.92 Å². The zero-order chi connectivity index (χ0) is 18.7. The lowest BCUT2D eigenvalue weighted by Crippen LogP contribution is -2.13. The normalized spacial score (nSPS) is 10.9. The zero-order valence-electron chi connectivity index (χ0n) is 15.1. The number of fused-ring (bicyclic) bond motifs is 1. The number of carbonyl (C=O) groups excluding carboxylic acids is 2. The molecule has 0 saturated carbocycles. The fraction of sp³-hybridized carbons (Fsp3) is 0.238. The third-order valence-electron chi connectivity index (χ3n) is 4.37. The molecule has 0 saturated heterocycles. The van der Waals surface area contributed by atoms with Crippen LogP contribution in [-0.2, 0) is 11.2 Å². The van der Waals surface area contributed by atoms with Crippen LogP contribution < -0.4 is 10.1 Å². The molecule has 3 rings (SSSR count). The Morgan fingerprint density at radius 1 is 1.15 bits per heavy atom. The van der Waals surface area contributed by atoms with Gasteiger partial charge in [0.2, 0.25) is 0 Å². The van der Waals surface area contributed by atoms with Gasteiger partial charge in [-0.3, -0.25) is 9.59 Å². The predicted molar refractivity (Wildman–Crippen MR) is 103 cm³/mol. The number of nitrogens with one attached hydrogen (secondary N) is 2. The average Bonchev–Trinajstić information content (AvgIpc) is 3.07. The third-order valence-corrected chi connectivity index (χ3v) is 4.37. The van der Waals surface area contributed by atoms with E-state index in [1.54, 1.807) is 25.4 Å². The van der Waals surface area contributed by atoms with Crippen LogP contribution in [-0.4, -0.2) is 23.8 Å². The molecule has 134 valence electrons. The molecule has 0 spiro atoms. The number of hydrogen-bond donors (Lipinski definition) is 2. The Kier molecular flexibility index (Phi) is 5.07. The van der Waals surface area contributed by atoms with Gasteiger partial charge in [-0.1, -0.05) is 38.1 Å². The van der Waals surface area contributed by atoms with Crippen molar-refractivity contribution >= 4 is 28.3 Å². The van der Waals surface area contributed by atoms with E-state index >= 15 is 0 Å². The van der Waals surface area contributed by atoms with Gasteiger partial charge in [0, 0.05) is 29.4 Å². The van der Waals surface area contributed by atoms with E-state index in [1.807, 2.05) is 44.2 Å². The Hall–Kier alpha value is -3.08. The molecular formula is C21H22N2O3. The molecule has 0 aliphatic heterocycles. The maximum atomic E-state index is 12.7. The van der Waals surface area contributed by atoms with Crippen LogP contribution in [0.4, 0.5) is 5.69 Å². The quantitative estimate of drug-likeness (QED) is 0.700. The Morgan fingerprint density at radius 3 is 2.65 bits per heavy atom. The topological polar surface area (TPSA) is 71.2 Å². The van der Waals surface area contributed by atoms with Crippen molar-refractivity contribution in [3.05, 3.63) is 59.8 Å². The van der Waals surface area contributed by atoms with Crippen LogP contribution in [0.1, 0.15) is 29.8 Å². The number of carbonyl (C=O) groups is 2. The maximum absolute atomic E-state index is 12.7. The number of ketones is 1. The van der Waals surface area contributed by atoms with Crippen molar-refractivity contribution in [3.8, 4) is 5.75 Å². The van der Waals surface area contributed by atoms with E-state index in [9.17, 15) is 9.59 Å². The highest BCUT2D eigenvalue weighted by Gasteiger charge is 2.15. The fourth-order valence-electron chi connectivity index (χ4n) is 2.80. The van der Waals surface area contributed by atoms with Crippen molar-refractivity contribution in [1.82, 2.24) is 4.98 Å². The minimum absolute atomic E-state index is 0.0118. The summed E-state index contributed by atoms with van der Waals surface area (Å²) in [7, 11) is 1.55. The van der Waals surface area contributed by atoms with Crippen LogP contribution in [0.25, 0.3) is 10.9 Å². The van der Waals surface area contributed by atoms with E-state index in [0.717, 1.165) is 16.5 Å². The van der Waals surface area contributed by atoms with Gasteiger partial charge in [0.1, 0.15) is 11.5 Å². The average molecular weight is 350 g/mol. The van der Waals surface area contributed by atoms with Crippen molar-refractivity contribution in [2.75, 3.05) is 12.4 Å². The Balaban J connectivity index is 1.83. The van der Waals surface area contributed by atoms with Crippen molar-refractivity contribution in [2.45, 2.75) is 20.3 Å². The molecule has 0 aliphatic rings. The molecule has 5 heteroatoms. The lowest BCUT2D eigenvalue weighted by molar-refractivity contribution is -0.121. The van der Waals surface area contributed by atoms with Gasteiger partial charge >= 0.3 is 0 Å². The molecule has 0 atom stereocenters. The van der Waals surface area contributed by atoms with Gasteiger partial charge in [0.25, 0.3) is 5.91 Å². The van der Waals surface area contributed by atoms with E-state index in [2.05, 4.69) is 10.3 Å². The first-order valence-electron chi connectivity index (χ1n) is 8.56. The number of ether oxygens (including phenoxy) is 1. The highest BCUT2D eigenvalue weighted by molar-refractivity contribution is 6.13. The van der Waals surface area contributed by atoms with Gasteiger partial charge in [0.05, 0.1) is 18.4 Å². The molecule has 1 aromatic heterocycles. The first kappa shape index (κ1) is 17.7. The highest BCUT2D eigenvalue weighted by Crippen LogP contribution is 2.28. The third kappa shape index (κ3) is 3.61. The standard InChI is InChI=1S/C21H22N2O3/c1-13(2)19(24)10-14-8-9-18(20(11-14)26-3)23-21(25)16-12-22-17-7-5-4-6-15(16)17/h4-9,11-13,22H,10H2,1-3H3,(H,23,25). The largest absolute Gasteiger partial charge is 0.495 e. The monoisotopic (exact) mass is 350 g/mol. The number of aromatic amines is 1. The summed E-state index contributed by atoms with van der Waals surface area (Å²) in [6.45, 7) is 3.77. The number of rotatable bonds is 6. The Morgan fingerprint density at radius 2 is 1.92 bits per heavy atom. The zero-order valence-corrected chi connectivity index (χ0v) is 15.1. The van der Waals surface area contributed by atoms with Gasteiger partial charge in [-0.15, -0.1) is 0 Å². The lowest BCUT2D eigenvalue weighted by Gasteiger charge is -2.12. The molecule has 0 fully saturated rings. The van der Waals surface area contributed by atoms with Crippen LogP contribution in [0.3, 0.4) is 0 Å². The number of benzene rings is 2. The van der Waals surface area contributed by atoms with Crippen molar-refractivity contribution in [2.24, 2.45) is 5.92 Å². The second-order valence-corrected chi connectivity index (χ2v) is 6.53. The van der Waals surface area contributed by atoms with Crippen LogP contribution in [0.15, 0.2) is 48.7 Å². The number of amides is 1. The molecule has 1 heterocycles. The molecule has 0 unspecified atom stereocenters. The second-order valence-electron chi connectivity index (χ2n) is 6.53. The summed E-state index contributed by atoms with van der Waals surface area (Å²) >= 11 is 0. The van der Waals surface area contributed by atoms with Crippen molar-refractivity contribution in [1.29, 1.82) is 0 Å². The highest BCUT2D eigenvalue weighted by atomic mass is 16.5. The van der Waals surface area contributed by atoms with E-state index in [0.29, 0.717) is 23.4 Å². The summed E-state index contributed by atoms with van der Waals surface area (Å²) in [5.74, 6) is 0.476. The van der Waals surface area contributed by atoms with E-state index in [-0.39, 0.29) is 17.6 Å². The molecule has 0 aliphatic carbocycles. The Bertz CT molecular complexity index is 957. The predicted octanol–water partition coefficient (Wildman–Crippen LogP) is 4.20.